The second kappa shape index (κ2) is 4.74. The number of nitrogens with one attached hydrogen (secondary N) is 2. The van der Waals surface area contributed by atoms with Crippen LogP contribution in [0.5, 0.6) is 0 Å². The molecule has 98 valence electrons. The third kappa shape index (κ3) is 2.41. The molecule has 6 nitrogen and oxygen atoms in total. The van der Waals surface area contributed by atoms with E-state index < -0.39 is 11.2 Å². The first-order valence-corrected chi connectivity index (χ1v) is 6.82. The van der Waals surface area contributed by atoms with Crippen LogP contribution in [0, 0.1) is 6.92 Å². The average molecular weight is 269 g/mol. The number of aromatic amines is 1. The van der Waals surface area contributed by atoms with Gasteiger partial charge in [-0.2, -0.15) is 4.98 Å². The van der Waals surface area contributed by atoms with E-state index in [0.717, 1.165) is 12.8 Å². The lowest BCUT2D eigenvalue weighted by Crippen LogP contribution is -2.40. The summed E-state index contributed by atoms with van der Waals surface area (Å²) >= 11 is 1.25. The first-order chi connectivity index (χ1) is 8.51. The molecular formula is C11H15N3O3S. The maximum Gasteiger partial charge on any atom is 0.346 e. The Labute approximate surface area is 108 Å². The molecule has 0 radical (unpaired) electrons. The van der Waals surface area contributed by atoms with E-state index in [0.29, 0.717) is 16.3 Å². The molecule has 1 aromatic rings. The number of H-pyrrole nitrogens is 1. The van der Waals surface area contributed by atoms with E-state index in [1.807, 2.05) is 0 Å². The number of hydrogen-bond acceptors (Lipinski definition) is 5. The predicted molar refractivity (Wildman–Crippen MR) is 67.9 cm³/mol. The molecule has 2 rings (SSSR count). The van der Waals surface area contributed by atoms with Crippen molar-refractivity contribution in [1.82, 2.24) is 15.3 Å². The zero-order valence-corrected chi connectivity index (χ0v) is 11.1. The lowest BCUT2D eigenvalue weighted by atomic mass is 10.2. The van der Waals surface area contributed by atoms with Crippen LogP contribution in [0.4, 0.5) is 0 Å². The van der Waals surface area contributed by atoms with Crippen molar-refractivity contribution in [2.24, 2.45) is 0 Å². The maximum atomic E-state index is 12.2. The molecule has 1 aromatic heterocycles. The van der Waals surface area contributed by atoms with Gasteiger partial charge in [-0.25, -0.2) is 4.79 Å². The van der Waals surface area contributed by atoms with Crippen molar-refractivity contribution < 1.29 is 9.90 Å². The van der Waals surface area contributed by atoms with Crippen LogP contribution in [0.1, 0.15) is 28.9 Å². The second-order valence-corrected chi connectivity index (χ2v) is 5.24. The quantitative estimate of drug-likeness (QED) is 0.530. The van der Waals surface area contributed by atoms with Crippen LogP contribution in [0.2, 0.25) is 0 Å². The van der Waals surface area contributed by atoms with Gasteiger partial charge in [0.2, 0.25) is 0 Å². The molecule has 1 saturated carbocycles. The smallest absolute Gasteiger partial charge is 0.346 e. The number of carbonyl (C=O) groups is 1. The van der Waals surface area contributed by atoms with Crippen LogP contribution in [0.15, 0.2) is 9.82 Å². The van der Waals surface area contributed by atoms with Crippen LogP contribution >= 0.6 is 11.8 Å². The monoisotopic (exact) mass is 269 g/mol. The first-order valence-electron chi connectivity index (χ1n) is 5.59. The molecule has 1 aliphatic carbocycles. The van der Waals surface area contributed by atoms with Crippen molar-refractivity contribution in [3.05, 3.63) is 21.7 Å². The van der Waals surface area contributed by atoms with Crippen molar-refractivity contribution >= 4 is 17.7 Å². The fraction of sp³-hybridized carbons (Fsp3) is 0.545. The third-order valence-corrected chi connectivity index (χ3v) is 3.72. The lowest BCUT2D eigenvalue weighted by molar-refractivity contribution is 0.0901. The van der Waals surface area contributed by atoms with Gasteiger partial charge in [0.25, 0.3) is 5.91 Å². The normalized spacial score (nSPS) is 16.4. The number of aryl methyl sites for hydroxylation is 1. The highest BCUT2D eigenvalue weighted by Gasteiger charge is 2.44. The molecule has 0 spiro atoms. The number of nitrogens with zero attached hydrogens (tertiary/aromatic N) is 1. The SMILES string of the molecule is CSc1nc(=O)[nH]c(C)c1C(=O)NC1(CO)CC1. The number of aliphatic hydroxyl groups is 1. The number of carbonyl (C=O) groups excluding carboxylic acids is 1. The summed E-state index contributed by atoms with van der Waals surface area (Å²) in [6.07, 6.45) is 3.32. The van der Waals surface area contributed by atoms with Gasteiger partial charge in [0.05, 0.1) is 17.7 Å². The highest BCUT2D eigenvalue weighted by atomic mass is 32.2. The van der Waals surface area contributed by atoms with Gasteiger partial charge in [0, 0.05) is 5.69 Å². The Morgan fingerprint density at radius 1 is 1.61 bits per heavy atom. The van der Waals surface area contributed by atoms with Crippen molar-refractivity contribution in [3.8, 4) is 0 Å². The minimum atomic E-state index is -0.477. The molecule has 7 heteroatoms. The number of amides is 1. The Kier molecular flexibility index (Phi) is 3.45. The molecule has 1 fully saturated rings. The Morgan fingerprint density at radius 3 is 2.78 bits per heavy atom. The number of aromatic nitrogens is 2. The van der Waals surface area contributed by atoms with E-state index in [1.54, 1.807) is 13.2 Å². The number of hydrogen-bond donors (Lipinski definition) is 3. The van der Waals surface area contributed by atoms with Gasteiger partial charge in [0.1, 0.15) is 5.03 Å². The summed E-state index contributed by atoms with van der Waals surface area (Å²) in [4.78, 5) is 29.7. The van der Waals surface area contributed by atoms with E-state index in [2.05, 4.69) is 15.3 Å². The van der Waals surface area contributed by atoms with Crippen molar-refractivity contribution in [2.75, 3.05) is 12.9 Å². The predicted octanol–water partition coefficient (Wildman–Crippen LogP) is 0.0549. The molecule has 1 aliphatic rings. The van der Waals surface area contributed by atoms with Crippen LogP contribution in [-0.2, 0) is 0 Å². The summed E-state index contributed by atoms with van der Waals surface area (Å²) in [5.74, 6) is -0.299. The summed E-state index contributed by atoms with van der Waals surface area (Å²) in [5.41, 5.74) is -0.0703. The van der Waals surface area contributed by atoms with E-state index >= 15 is 0 Å². The molecule has 0 bridgehead atoms. The molecule has 0 atom stereocenters. The molecule has 0 aromatic carbocycles. The number of thioether (sulfide) groups is 1. The molecule has 1 heterocycles. The summed E-state index contributed by atoms with van der Waals surface area (Å²) in [6.45, 7) is 1.60. The van der Waals surface area contributed by atoms with Gasteiger partial charge in [-0.05, 0) is 26.0 Å². The third-order valence-electron chi connectivity index (χ3n) is 3.04. The van der Waals surface area contributed by atoms with Crippen molar-refractivity contribution in [3.63, 3.8) is 0 Å². The first kappa shape index (κ1) is 13.1. The highest BCUT2D eigenvalue weighted by Crippen LogP contribution is 2.35. The standard InChI is InChI=1S/C11H15N3O3S/c1-6-7(9(18-2)13-10(17)12-6)8(16)14-11(5-15)3-4-11/h15H,3-5H2,1-2H3,(H,14,16)(H,12,13,17). The molecule has 0 unspecified atom stereocenters. The van der Waals surface area contributed by atoms with E-state index in [4.69, 9.17) is 0 Å². The zero-order chi connectivity index (χ0) is 13.3. The van der Waals surface area contributed by atoms with Crippen molar-refractivity contribution in [2.45, 2.75) is 30.3 Å². The Bertz CT molecular complexity index is 537. The molecule has 0 aliphatic heterocycles. The van der Waals surface area contributed by atoms with Crippen LogP contribution in [0.25, 0.3) is 0 Å². The molecule has 1 amide bonds. The fourth-order valence-corrected chi connectivity index (χ4v) is 2.38. The van der Waals surface area contributed by atoms with Gasteiger partial charge >= 0.3 is 5.69 Å². The van der Waals surface area contributed by atoms with E-state index in [-0.39, 0.29) is 12.5 Å². The van der Waals surface area contributed by atoms with E-state index in [9.17, 15) is 14.7 Å². The van der Waals surface area contributed by atoms with Gasteiger partial charge < -0.3 is 15.4 Å². The Hall–Kier alpha value is -1.34. The number of rotatable bonds is 4. The Morgan fingerprint density at radius 2 is 2.28 bits per heavy atom. The fourth-order valence-electron chi connectivity index (χ4n) is 1.75. The van der Waals surface area contributed by atoms with Crippen LogP contribution in [0.3, 0.4) is 0 Å². The summed E-state index contributed by atoms with van der Waals surface area (Å²) in [7, 11) is 0. The lowest BCUT2D eigenvalue weighted by Gasteiger charge is -2.16. The largest absolute Gasteiger partial charge is 0.394 e. The van der Waals surface area contributed by atoms with Gasteiger partial charge in [-0.3, -0.25) is 4.79 Å². The molecule has 0 saturated heterocycles. The van der Waals surface area contributed by atoms with Crippen LogP contribution < -0.4 is 11.0 Å². The summed E-state index contributed by atoms with van der Waals surface area (Å²) < 4.78 is 0. The number of aliphatic hydroxyl groups excluding tert-OH is 1. The Balaban J connectivity index is 2.32. The van der Waals surface area contributed by atoms with Gasteiger partial charge in [-0.15, -0.1) is 11.8 Å². The maximum absolute atomic E-state index is 12.2. The summed E-state index contributed by atoms with van der Waals surface area (Å²) in [6, 6.07) is 0. The topological polar surface area (TPSA) is 95.1 Å². The van der Waals surface area contributed by atoms with Crippen molar-refractivity contribution in [1.29, 1.82) is 0 Å². The average Bonchev–Trinajstić information content (AvgIpc) is 3.08. The zero-order valence-electron chi connectivity index (χ0n) is 10.2. The van der Waals surface area contributed by atoms with Gasteiger partial charge in [0.15, 0.2) is 0 Å². The van der Waals surface area contributed by atoms with E-state index in [1.165, 1.54) is 11.8 Å². The van der Waals surface area contributed by atoms with Crippen LogP contribution in [-0.4, -0.2) is 39.4 Å². The van der Waals surface area contributed by atoms with Gasteiger partial charge in [-0.1, -0.05) is 0 Å². The summed E-state index contributed by atoms with van der Waals surface area (Å²) in [5, 5.41) is 12.4. The highest BCUT2D eigenvalue weighted by molar-refractivity contribution is 7.98. The molecular weight excluding hydrogens is 254 g/mol. The second-order valence-electron chi connectivity index (χ2n) is 4.44. The molecule has 3 N–H and O–H groups in total. The molecule has 18 heavy (non-hydrogen) atoms. The minimum absolute atomic E-state index is 0.0663. The minimum Gasteiger partial charge on any atom is -0.394 e.